The summed E-state index contributed by atoms with van der Waals surface area (Å²) < 4.78 is 5.12. The summed E-state index contributed by atoms with van der Waals surface area (Å²) in [6, 6.07) is 0.195. The van der Waals surface area contributed by atoms with Crippen LogP contribution in [0.2, 0.25) is 0 Å². The molecule has 1 aliphatic carbocycles. The molecule has 1 aliphatic rings. The van der Waals surface area contributed by atoms with Crippen molar-refractivity contribution in [1.29, 1.82) is 0 Å². The van der Waals surface area contributed by atoms with Crippen LogP contribution in [0, 0.1) is 6.92 Å². The molecule has 1 aromatic heterocycles. The van der Waals surface area contributed by atoms with E-state index in [0.717, 1.165) is 23.4 Å². The van der Waals surface area contributed by atoms with Gasteiger partial charge in [0.05, 0.1) is 30.9 Å². The molecule has 1 saturated carbocycles. The Morgan fingerprint density at radius 2 is 2.19 bits per heavy atom. The fraction of sp³-hybridized carbons (Fsp3) is 0.706. The average molecular weight is 385 g/mol. The Labute approximate surface area is 158 Å². The minimum atomic E-state index is -0.815. The molecule has 146 valence electrons. The number of hydrogen-bond donors (Lipinski definition) is 2. The van der Waals surface area contributed by atoms with Gasteiger partial charge in [-0.2, -0.15) is 0 Å². The highest BCUT2D eigenvalue weighted by molar-refractivity contribution is 7.09. The number of urea groups is 1. The van der Waals surface area contributed by atoms with Crippen molar-refractivity contribution in [3.63, 3.8) is 0 Å². The molecule has 2 N–H and O–H groups in total. The second-order valence-corrected chi connectivity index (χ2v) is 7.44. The Kier molecular flexibility index (Phi) is 7.80. The van der Waals surface area contributed by atoms with Gasteiger partial charge in [-0.05, 0) is 26.3 Å². The minimum absolute atomic E-state index is 0.0481. The van der Waals surface area contributed by atoms with E-state index in [1.165, 1.54) is 0 Å². The number of nitrogens with one attached hydrogen (secondary N) is 1. The number of methoxy groups -OCH3 is 1. The van der Waals surface area contributed by atoms with Crippen molar-refractivity contribution in [2.75, 3.05) is 33.4 Å². The van der Waals surface area contributed by atoms with Crippen molar-refractivity contribution in [1.82, 2.24) is 20.1 Å². The van der Waals surface area contributed by atoms with E-state index < -0.39 is 5.97 Å². The summed E-state index contributed by atoms with van der Waals surface area (Å²) in [5, 5.41) is 12.0. The fourth-order valence-electron chi connectivity index (χ4n) is 3.05. The molecule has 8 nitrogen and oxygen atoms in total. The van der Waals surface area contributed by atoms with E-state index in [2.05, 4.69) is 10.3 Å². The van der Waals surface area contributed by atoms with Crippen molar-refractivity contribution in [2.45, 2.75) is 45.3 Å². The molecule has 2 rings (SSSR count). The number of thiazole rings is 1. The lowest BCUT2D eigenvalue weighted by atomic mass is 9.85. The Hall–Kier alpha value is -1.71. The maximum atomic E-state index is 12.6. The highest BCUT2D eigenvalue weighted by Crippen LogP contribution is 2.26. The normalized spacial score (nSPS) is 19.2. The smallest absolute Gasteiger partial charge is 0.318 e. The number of carboxylic acid groups (broad SMARTS) is 1. The highest BCUT2D eigenvalue weighted by Gasteiger charge is 2.35. The molecular formula is C17H28N4O4S. The largest absolute Gasteiger partial charge is 0.480 e. The predicted molar refractivity (Wildman–Crippen MR) is 99.4 cm³/mol. The van der Waals surface area contributed by atoms with E-state index in [4.69, 9.17) is 9.84 Å². The number of amides is 2. The van der Waals surface area contributed by atoms with Crippen LogP contribution in [0.25, 0.3) is 0 Å². The summed E-state index contributed by atoms with van der Waals surface area (Å²) in [5.41, 5.74) is 2.73. The molecule has 2 amide bonds. The lowest BCUT2D eigenvalue weighted by Gasteiger charge is -2.42. The van der Waals surface area contributed by atoms with Crippen LogP contribution in [0.15, 0.2) is 5.51 Å². The van der Waals surface area contributed by atoms with Gasteiger partial charge in [-0.1, -0.05) is 6.92 Å². The summed E-state index contributed by atoms with van der Waals surface area (Å²) in [6.45, 7) is 6.14. The second-order valence-electron chi connectivity index (χ2n) is 6.50. The third-order valence-electron chi connectivity index (χ3n) is 4.73. The molecule has 0 aliphatic heterocycles. The molecule has 0 bridgehead atoms. The van der Waals surface area contributed by atoms with Crippen LogP contribution < -0.4 is 5.32 Å². The predicted octanol–water partition coefficient (Wildman–Crippen LogP) is 1.55. The summed E-state index contributed by atoms with van der Waals surface area (Å²) >= 11 is 1.54. The van der Waals surface area contributed by atoms with Crippen LogP contribution in [-0.2, 0) is 16.1 Å². The van der Waals surface area contributed by atoms with Gasteiger partial charge in [0, 0.05) is 30.6 Å². The van der Waals surface area contributed by atoms with E-state index in [9.17, 15) is 9.59 Å². The zero-order valence-corrected chi connectivity index (χ0v) is 16.4. The number of aliphatic carboxylic acids is 1. The first-order valence-electron chi connectivity index (χ1n) is 8.83. The van der Waals surface area contributed by atoms with Crippen molar-refractivity contribution in [3.8, 4) is 0 Å². The third kappa shape index (κ3) is 5.65. The number of ether oxygens (including phenoxy) is 1. The number of carbonyl (C=O) groups is 2. The zero-order valence-electron chi connectivity index (χ0n) is 15.6. The van der Waals surface area contributed by atoms with Crippen LogP contribution in [0.3, 0.4) is 0 Å². The zero-order chi connectivity index (χ0) is 19.1. The van der Waals surface area contributed by atoms with Crippen LogP contribution in [-0.4, -0.2) is 77.3 Å². The van der Waals surface area contributed by atoms with Gasteiger partial charge in [0.1, 0.15) is 0 Å². The molecule has 0 saturated heterocycles. The molecule has 0 aromatic carbocycles. The quantitative estimate of drug-likeness (QED) is 0.635. The van der Waals surface area contributed by atoms with Crippen molar-refractivity contribution in [3.05, 3.63) is 16.1 Å². The van der Waals surface area contributed by atoms with Gasteiger partial charge in [0.15, 0.2) is 0 Å². The first-order chi connectivity index (χ1) is 12.4. The number of rotatable bonds is 10. The van der Waals surface area contributed by atoms with Crippen molar-refractivity contribution < 1.29 is 19.4 Å². The van der Waals surface area contributed by atoms with Gasteiger partial charge in [0.2, 0.25) is 0 Å². The summed E-state index contributed by atoms with van der Waals surface area (Å²) in [4.78, 5) is 32.5. The average Bonchev–Trinajstić information content (AvgIpc) is 2.97. The number of likely N-dealkylation sites (N-methyl/N-ethyl adjacent to an activating group) is 1. The summed E-state index contributed by atoms with van der Waals surface area (Å²) in [7, 11) is 1.62. The number of nitrogens with zero attached hydrogens (tertiary/aromatic N) is 3. The van der Waals surface area contributed by atoms with E-state index in [0.29, 0.717) is 26.2 Å². The number of hydrogen-bond acceptors (Lipinski definition) is 6. The molecule has 9 heteroatoms. The van der Waals surface area contributed by atoms with Gasteiger partial charge in [-0.3, -0.25) is 9.69 Å². The Balaban J connectivity index is 1.85. The number of carboxylic acids is 1. The molecule has 0 radical (unpaired) electrons. The Morgan fingerprint density at radius 1 is 1.46 bits per heavy atom. The molecular weight excluding hydrogens is 356 g/mol. The Morgan fingerprint density at radius 3 is 2.73 bits per heavy atom. The van der Waals surface area contributed by atoms with Gasteiger partial charge in [-0.15, -0.1) is 11.3 Å². The molecule has 0 spiro atoms. The second kappa shape index (κ2) is 9.84. The van der Waals surface area contributed by atoms with Gasteiger partial charge in [-0.25, -0.2) is 9.78 Å². The standard InChI is InChI=1S/C17H28N4O4S/c1-4-20(10-16(22)23)14-7-13(8-14)19-17(24)21(5-6-25-3)9-15-12(2)18-11-26-15/h11,13-14H,4-10H2,1-3H3,(H,19,24)(H,22,23). The molecule has 0 atom stereocenters. The monoisotopic (exact) mass is 384 g/mol. The number of aryl methyl sites for hydroxylation is 1. The maximum Gasteiger partial charge on any atom is 0.318 e. The fourth-order valence-corrected chi connectivity index (χ4v) is 3.84. The first kappa shape index (κ1) is 20.6. The Bertz CT molecular complexity index is 603. The van der Waals surface area contributed by atoms with Crippen molar-refractivity contribution in [2.24, 2.45) is 0 Å². The van der Waals surface area contributed by atoms with Gasteiger partial charge < -0.3 is 20.1 Å². The number of carbonyl (C=O) groups excluding carboxylic acids is 1. The van der Waals surface area contributed by atoms with E-state index in [1.807, 2.05) is 18.7 Å². The molecule has 1 aromatic rings. The van der Waals surface area contributed by atoms with Gasteiger partial charge in [0.25, 0.3) is 0 Å². The lowest BCUT2D eigenvalue weighted by molar-refractivity contribution is -0.139. The molecule has 1 fully saturated rings. The third-order valence-corrected chi connectivity index (χ3v) is 5.65. The van der Waals surface area contributed by atoms with E-state index in [1.54, 1.807) is 28.9 Å². The SMILES string of the molecule is CCN(CC(=O)O)C1CC(NC(=O)N(CCOC)Cc2scnc2C)C1. The first-order valence-corrected chi connectivity index (χ1v) is 9.71. The molecule has 26 heavy (non-hydrogen) atoms. The van der Waals surface area contributed by atoms with Crippen LogP contribution in [0.1, 0.15) is 30.3 Å². The molecule has 1 heterocycles. The number of aromatic nitrogens is 1. The highest BCUT2D eigenvalue weighted by atomic mass is 32.1. The topological polar surface area (TPSA) is 95.0 Å². The maximum absolute atomic E-state index is 12.6. The van der Waals surface area contributed by atoms with E-state index >= 15 is 0 Å². The lowest BCUT2D eigenvalue weighted by Crippen LogP contribution is -2.57. The van der Waals surface area contributed by atoms with Gasteiger partial charge >= 0.3 is 12.0 Å². The van der Waals surface area contributed by atoms with Crippen molar-refractivity contribution >= 4 is 23.3 Å². The van der Waals surface area contributed by atoms with Crippen LogP contribution in [0.4, 0.5) is 4.79 Å². The minimum Gasteiger partial charge on any atom is -0.480 e. The van der Waals surface area contributed by atoms with E-state index in [-0.39, 0.29) is 24.7 Å². The van der Waals surface area contributed by atoms with Crippen LogP contribution in [0.5, 0.6) is 0 Å². The summed E-state index contributed by atoms with van der Waals surface area (Å²) in [5.74, 6) is -0.815. The summed E-state index contributed by atoms with van der Waals surface area (Å²) in [6.07, 6.45) is 1.56. The van der Waals surface area contributed by atoms with Crippen LogP contribution >= 0.6 is 11.3 Å². The molecule has 0 unspecified atom stereocenters.